The number of nitrogens with zero attached hydrogens (tertiary/aromatic N) is 3. The summed E-state index contributed by atoms with van der Waals surface area (Å²) in [6.07, 6.45) is 1.57. The molecule has 0 unspecified atom stereocenters. The van der Waals surface area contributed by atoms with Crippen LogP contribution in [0.1, 0.15) is 15.9 Å². The van der Waals surface area contributed by atoms with E-state index in [9.17, 15) is 13.2 Å². The molecule has 1 heterocycles. The fourth-order valence-corrected chi connectivity index (χ4v) is 3.80. The van der Waals surface area contributed by atoms with Crippen LogP contribution in [0, 0.1) is 6.92 Å². The molecule has 0 saturated heterocycles. The number of carbonyl (C=O) groups is 1. The average Bonchev–Trinajstić information content (AvgIpc) is 3.01. The molecular weight excluding hydrogens is 356 g/mol. The maximum atomic E-state index is 12.6. The van der Waals surface area contributed by atoms with Crippen molar-refractivity contribution in [2.75, 3.05) is 4.72 Å². The van der Waals surface area contributed by atoms with E-state index in [0.717, 1.165) is 11.6 Å². The minimum atomic E-state index is -3.92. The highest BCUT2D eigenvalue weighted by Crippen LogP contribution is 2.23. The number of hydrogen-bond acceptors (Lipinski definition) is 5. The first-order valence-electron chi connectivity index (χ1n) is 7.59. The number of aryl methyl sites for hydroxylation is 2. The van der Waals surface area contributed by atoms with Crippen LogP contribution in [-0.2, 0) is 17.1 Å². The van der Waals surface area contributed by atoms with Crippen molar-refractivity contribution in [2.45, 2.75) is 11.8 Å². The molecule has 0 aliphatic rings. The molecule has 2 aromatic carbocycles. The van der Waals surface area contributed by atoms with Crippen LogP contribution < -0.4 is 4.72 Å². The van der Waals surface area contributed by atoms with Gasteiger partial charge in [0.1, 0.15) is 6.33 Å². The number of rotatable bonds is 5. The lowest BCUT2D eigenvalue weighted by molar-refractivity contribution is 0.0696. The fourth-order valence-electron chi connectivity index (χ4n) is 2.46. The molecule has 0 fully saturated rings. The highest BCUT2D eigenvalue weighted by molar-refractivity contribution is 7.92. The van der Waals surface area contributed by atoms with E-state index < -0.39 is 16.0 Å². The van der Waals surface area contributed by atoms with Gasteiger partial charge in [-0.1, -0.05) is 6.07 Å². The first-order valence-corrected chi connectivity index (χ1v) is 9.07. The maximum Gasteiger partial charge on any atom is 0.335 e. The molecule has 0 bridgehead atoms. The SMILES string of the molecule is Cc1ccc(C(=O)O)cc1S(=O)(=O)Nc1ccc(-c2nncn2C)cc1. The summed E-state index contributed by atoms with van der Waals surface area (Å²) in [5.74, 6) is -0.529. The number of benzene rings is 2. The monoisotopic (exact) mass is 372 g/mol. The lowest BCUT2D eigenvalue weighted by Gasteiger charge is -2.11. The van der Waals surface area contributed by atoms with Gasteiger partial charge in [0, 0.05) is 18.3 Å². The Labute approximate surface area is 150 Å². The van der Waals surface area contributed by atoms with Gasteiger partial charge in [-0.3, -0.25) is 4.72 Å². The first-order chi connectivity index (χ1) is 12.3. The summed E-state index contributed by atoms with van der Waals surface area (Å²) in [5.41, 5.74) is 1.51. The summed E-state index contributed by atoms with van der Waals surface area (Å²) >= 11 is 0. The third-order valence-electron chi connectivity index (χ3n) is 3.83. The van der Waals surface area contributed by atoms with E-state index in [0.29, 0.717) is 17.1 Å². The van der Waals surface area contributed by atoms with Crippen molar-refractivity contribution in [2.24, 2.45) is 7.05 Å². The zero-order valence-electron chi connectivity index (χ0n) is 14.0. The quantitative estimate of drug-likeness (QED) is 0.710. The zero-order chi connectivity index (χ0) is 18.9. The van der Waals surface area contributed by atoms with Crippen LogP contribution in [0.4, 0.5) is 5.69 Å². The van der Waals surface area contributed by atoms with Crippen LogP contribution in [0.2, 0.25) is 0 Å². The Kier molecular flexibility index (Phi) is 4.47. The van der Waals surface area contributed by atoms with E-state index in [1.165, 1.54) is 12.1 Å². The summed E-state index contributed by atoms with van der Waals surface area (Å²) < 4.78 is 29.5. The van der Waals surface area contributed by atoms with E-state index in [4.69, 9.17) is 5.11 Å². The Morgan fingerprint density at radius 3 is 2.42 bits per heavy atom. The Balaban J connectivity index is 1.90. The van der Waals surface area contributed by atoms with E-state index in [1.54, 1.807) is 42.1 Å². The van der Waals surface area contributed by atoms with Gasteiger partial charge in [-0.25, -0.2) is 13.2 Å². The van der Waals surface area contributed by atoms with Crippen LogP contribution in [0.15, 0.2) is 53.7 Å². The summed E-state index contributed by atoms with van der Waals surface area (Å²) in [4.78, 5) is 11.0. The predicted molar refractivity (Wildman–Crippen MR) is 95.4 cm³/mol. The minimum Gasteiger partial charge on any atom is -0.478 e. The van der Waals surface area contributed by atoms with Crippen LogP contribution in [0.3, 0.4) is 0 Å². The van der Waals surface area contributed by atoms with Gasteiger partial charge in [-0.05, 0) is 48.9 Å². The van der Waals surface area contributed by atoms with E-state index >= 15 is 0 Å². The molecule has 1 aromatic heterocycles. The van der Waals surface area contributed by atoms with Crippen molar-refractivity contribution in [1.29, 1.82) is 0 Å². The van der Waals surface area contributed by atoms with Crippen molar-refractivity contribution in [3.63, 3.8) is 0 Å². The first kappa shape index (κ1) is 17.6. The predicted octanol–water partition coefficient (Wildman–Crippen LogP) is 2.29. The Bertz CT molecular complexity index is 1070. The standard InChI is InChI=1S/C17H16N4O4S/c1-11-3-4-13(17(22)23)9-15(11)26(24,25)20-14-7-5-12(6-8-14)16-19-18-10-21(16)2/h3-10,20H,1-2H3,(H,22,23). The molecule has 0 aliphatic carbocycles. The lowest BCUT2D eigenvalue weighted by atomic mass is 10.1. The molecule has 0 saturated carbocycles. The topological polar surface area (TPSA) is 114 Å². The molecule has 3 rings (SSSR count). The van der Waals surface area contributed by atoms with Crippen LogP contribution in [0.5, 0.6) is 0 Å². The highest BCUT2D eigenvalue weighted by Gasteiger charge is 2.19. The minimum absolute atomic E-state index is 0.0743. The van der Waals surface area contributed by atoms with Crippen LogP contribution in [-0.4, -0.2) is 34.3 Å². The second kappa shape index (κ2) is 6.60. The maximum absolute atomic E-state index is 12.6. The van der Waals surface area contributed by atoms with Gasteiger partial charge in [0.05, 0.1) is 10.5 Å². The number of sulfonamides is 1. The van der Waals surface area contributed by atoms with Crippen LogP contribution >= 0.6 is 0 Å². The molecule has 0 radical (unpaired) electrons. The highest BCUT2D eigenvalue weighted by atomic mass is 32.2. The number of nitrogens with one attached hydrogen (secondary N) is 1. The van der Waals surface area contributed by atoms with E-state index in [1.807, 2.05) is 7.05 Å². The van der Waals surface area contributed by atoms with Crippen LogP contribution in [0.25, 0.3) is 11.4 Å². The molecule has 0 atom stereocenters. The Hall–Kier alpha value is -3.20. The molecule has 3 aromatic rings. The number of carboxylic acid groups (broad SMARTS) is 1. The Morgan fingerprint density at radius 1 is 1.15 bits per heavy atom. The largest absolute Gasteiger partial charge is 0.478 e. The number of anilines is 1. The molecule has 2 N–H and O–H groups in total. The number of aromatic carboxylic acids is 1. The molecule has 0 amide bonds. The number of carboxylic acids is 1. The fraction of sp³-hybridized carbons (Fsp3) is 0.118. The van der Waals surface area contributed by atoms with Crippen molar-refractivity contribution >= 4 is 21.7 Å². The van der Waals surface area contributed by atoms with Gasteiger partial charge < -0.3 is 9.67 Å². The van der Waals surface area contributed by atoms with Gasteiger partial charge >= 0.3 is 5.97 Å². The molecule has 134 valence electrons. The molecule has 26 heavy (non-hydrogen) atoms. The third kappa shape index (κ3) is 3.42. The average molecular weight is 372 g/mol. The summed E-state index contributed by atoms with van der Waals surface area (Å²) in [6, 6.07) is 10.6. The summed E-state index contributed by atoms with van der Waals surface area (Å²) in [5, 5.41) is 16.9. The van der Waals surface area contributed by atoms with E-state index in [2.05, 4.69) is 14.9 Å². The van der Waals surface area contributed by atoms with Crippen molar-refractivity contribution in [3.8, 4) is 11.4 Å². The van der Waals surface area contributed by atoms with Gasteiger partial charge in [0.2, 0.25) is 0 Å². The summed E-state index contributed by atoms with van der Waals surface area (Å²) in [7, 11) is -2.11. The van der Waals surface area contributed by atoms with Gasteiger partial charge in [-0.15, -0.1) is 10.2 Å². The lowest BCUT2D eigenvalue weighted by Crippen LogP contribution is -2.15. The third-order valence-corrected chi connectivity index (χ3v) is 5.35. The molecule has 8 nitrogen and oxygen atoms in total. The van der Waals surface area contributed by atoms with Crippen molar-refractivity contribution in [3.05, 3.63) is 59.9 Å². The zero-order valence-corrected chi connectivity index (χ0v) is 14.9. The molecule has 0 aliphatic heterocycles. The molecule has 0 spiro atoms. The molecule has 9 heteroatoms. The normalized spacial score (nSPS) is 11.3. The van der Waals surface area contributed by atoms with Crippen molar-refractivity contribution < 1.29 is 18.3 Å². The van der Waals surface area contributed by atoms with E-state index in [-0.39, 0.29) is 10.5 Å². The Morgan fingerprint density at radius 2 is 1.85 bits per heavy atom. The number of aromatic nitrogens is 3. The second-order valence-electron chi connectivity index (χ2n) is 5.73. The van der Waals surface area contributed by atoms with Gasteiger partial charge in [-0.2, -0.15) is 0 Å². The van der Waals surface area contributed by atoms with Gasteiger partial charge in [0.15, 0.2) is 5.82 Å². The number of hydrogen-bond donors (Lipinski definition) is 2. The second-order valence-corrected chi connectivity index (χ2v) is 7.38. The molecular formula is C17H16N4O4S. The van der Waals surface area contributed by atoms with Gasteiger partial charge in [0.25, 0.3) is 10.0 Å². The summed E-state index contributed by atoms with van der Waals surface area (Å²) in [6.45, 7) is 1.61. The smallest absolute Gasteiger partial charge is 0.335 e. The van der Waals surface area contributed by atoms with Crippen molar-refractivity contribution in [1.82, 2.24) is 14.8 Å².